The van der Waals surface area contributed by atoms with Crippen LogP contribution in [0.3, 0.4) is 0 Å². The third kappa shape index (κ3) is 4.64. The molecule has 0 aliphatic rings. The third-order valence-electron chi connectivity index (χ3n) is 4.21. The average Bonchev–Trinajstić information content (AvgIpc) is 3.35. The average molecular weight is 426 g/mol. The maximum atomic E-state index is 12.4. The number of aromatic nitrogens is 2. The van der Waals surface area contributed by atoms with E-state index in [2.05, 4.69) is 10.3 Å². The van der Waals surface area contributed by atoms with Gasteiger partial charge in [0.15, 0.2) is 10.9 Å². The highest BCUT2D eigenvalue weighted by Gasteiger charge is 2.14. The van der Waals surface area contributed by atoms with Crippen LogP contribution >= 0.6 is 22.9 Å². The molecule has 6 nitrogen and oxygen atoms in total. The largest absolute Gasteiger partial charge is 0.454 e. The van der Waals surface area contributed by atoms with Crippen LogP contribution in [0.1, 0.15) is 26.8 Å². The molecule has 4 rings (SSSR count). The van der Waals surface area contributed by atoms with Gasteiger partial charge in [-0.3, -0.25) is 14.9 Å². The molecule has 3 aromatic heterocycles. The van der Waals surface area contributed by atoms with Crippen LogP contribution in [0.2, 0.25) is 5.02 Å². The lowest BCUT2D eigenvalue weighted by Crippen LogP contribution is -2.18. The first-order valence-corrected chi connectivity index (χ1v) is 10.0. The van der Waals surface area contributed by atoms with Gasteiger partial charge in [0.2, 0.25) is 0 Å². The fraction of sp³-hybridized carbons (Fsp3) is 0.0952. The van der Waals surface area contributed by atoms with Crippen molar-refractivity contribution in [3.05, 3.63) is 104 Å². The van der Waals surface area contributed by atoms with E-state index in [0.717, 1.165) is 10.4 Å². The number of thiazole rings is 1. The number of halogens is 1. The van der Waals surface area contributed by atoms with Crippen molar-refractivity contribution in [2.24, 2.45) is 0 Å². The Kier molecular flexibility index (Phi) is 5.59. The molecule has 0 fully saturated rings. The van der Waals surface area contributed by atoms with E-state index in [4.69, 9.17) is 16.0 Å². The van der Waals surface area contributed by atoms with Gasteiger partial charge in [0.25, 0.3) is 11.5 Å². The van der Waals surface area contributed by atoms with E-state index in [1.165, 1.54) is 22.0 Å². The summed E-state index contributed by atoms with van der Waals surface area (Å²) in [4.78, 5) is 29.5. The molecular weight excluding hydrogens is 410 g/mol. The molecule has 0 spiro atoms. The summed E-state index contributed by atoms with van der Waals surface area (Å²) in [5.41, 5.74) is 0.867. The number of carbonyl (C=O) groups is 1. The number of hydrogen-bond acceptors (Lipinski definition) is 5. The number of hydrogen-bond donors (Lipinski definition) is 1. The number of benzene rings is 1. The Balaban J connectivity index is 1.41. The summed E-state index contributed by atoms with van der Waals surface area (Å²) >= 11 is 7.58. The van der Waals surface area contributed by atoms with Gasteiger partial charge in [0.05, 0.1) is 6.54 Å². The van der Waals surface area contributed by atoms with Gasteiger partial charge >= 0.3 is 0 Å². The summed E-state index contributed by atoms with van der Waals surface area (Å²) in [5.74, 6) is 0.282. The van der Waals surface area contributed by atoms with Gasteiger partial charge < -0.3 is 8.98 Å². The van der Waals surface area contributed by atoms with Crippen LogP contribution in [0.25, 0.3) is 0 Å². The summed E-state index contributed by atoms with van der Waals surface area (Å²) in [6.07, 6.45) is 4.03. The first kappa shape index (κ1) is 19.2. The smallest absolute Gasteiger partial charge is 0.293 e. The Morgan fingerprint density at radius 3 is 2.79 bits per heavy atom. The third-order valence-corrected chi connectivity index (χ3v) is 5.49. The monoisotopic (exact) mass is 425 g/mol. The molecule has 0 saturated carbocycles. The van der Waals surface area contributed by atoms with E-state index < -0.39 is 5.91 Å². The predicted molar refractivity (Wildman–Crippen MR) is 113 cm³/mol. The maximum Gasteiger partial charge on any atom is 0.293 e. The number of nitrogens with one attached hydrogen (secondary N) is 1. The highest BCUT2D eigenvalue weighted by Crippen LogP contribution is 2.25. The van der Waals surface area contributed by atoms with Crippen molar-refractivity contribution in [1.82, 2.24) is 9.55 Å². The molecule has 0 saturated heterocycles. The Morgan fingerprint density at radius 1 is 1.14 bits per heavy atom. The van der Waals surface area contributed by atoms with Crippen LogP contribution in [0.4, 0.5) is 5.13 Å². The minimum atomic E-state index is -0.393. The molecule has 0 atom stereocenters. The number of amides is 1. The van der Waals surface area contributed by atoms with Crippen LogP contribution in [0.5, 0.6) is 0 Å². The van der Waals surface area contributed by atoms with Crippen LogP contribution in [-0.4, -0.2) is 15.5 Å². The fourth-order valence-electron chi connectivity index (χ4n) is 2.78. The zero-order chi connectivity index (χ0) is 20.2. The van der Waals surface area contributed by atoms with Crippen LogP contribution in [-0.2, 0) is 13.0 Å². The summed E-state index contributed by atoms with van der Waals surface area (Å²) in [5, 5.41) is 3.92. The van der Waals surface area contributed by atoms with Crippen molar-refractivity contribution >= 4 is 34.0 Å². The molecule has 0 aliphatic carbocycles. The Morgan fingerprint density at radius 2 is 1.97 bits per heavy atom. The molecular formula is C21H16ClN3O3S. The van der Waals surface area contributed by atoms with Crippen molar-refractivity contribution in [2.75, 3.05) is 5.32 Å². The molecule has 1 aromatic carbocycles. The Hall–Kier alpha value is -3.16. The fourth-order valence-corrected chi connectivity index (χ4v) is 3.81. The summed E-state index contributed by atoms with van der Waals surface area (Å²) in [6, 6.07) is 15.8. The van der Waals surface area contributed by atoms with Gasteiger partial charge in [-0.25, -0.2) is 4.98 Å². The number of anilines is 1. The quantitative estimate of drug-likeness (QED) is 0.495. The molecule has 0 unspecified atom stereocenters. The van der Waals surface area contributed by atoms with Gasteiger partial charge in [-0.2, -0.15) is 0 Å². The van der Waals surface area contributed by atoms with E-state index in [-0.39, 0.29) is 17.9 Å². The molecule has 29 heavy (non-hydrogen) atoms. The van der Waals surface area contributed by atoms with Crippen molar-refractivity contribution in [3.63, 3.8) is 0 Å². The van der Waals surface area contributed by atoms with E-state index in [1.54, 1.807) is 36.7 Å². The molecule has 8 heteroatoms. The van der Waals surface area contributed by atoms with Crippen molar-refractivity contribution in [1.29, 1.82) is 0 Å². The van der Waals surface area contributed by atoms with Gasteiger partial charge in [0, 0.05) is 34.8 Å². The lowest BCUT2D eigenvalue weighted by atomic mass is 10.1. The molecule has 146 valence electrons. The highest BCUT2D eigenvalue weighted by atomic mass is 35.5. The predicted octanol–water partition coefficient (Wildman–Crippen LogP) is 4.44. The second-order valence-corrected chi connectivity index (χ2v) is 7.81. The molecule has 0 aliphatic heterocycles. The summed E-state index contributed by atoms with van der Waals surface area (Å²) in [7, 11) is 0. The van der Waals surface area contributed by atoms with E-state index in [9.17, 15) is 9.59 Å². The first-order valence-electron chi connectivity index (χ1n) is 8.82. The number of pyridine rings is 1. The minimum absolute atomic E-state index is 0.135. The van der Waals surface area contributed by atoms with Crippen molar-refractivity contribution < 1.29 is 9.21 Å². The second kappa shape index (κ2) is 8.46. The SMILES string of the molecule is O=C(Nc1ncc(Cc2ccccc2Cl)s1)c1ccc(Cn2ccccc2=O)o1. The first-order chi connectivity index (χ1) is 14.1. The minimum Gasteiger partial charge on any atom is -0.454 e. The Labute approximate surface area is 175 Å². The van der Waals surface area contributed by atoms with Crippen LogP contribution in [0, 0.1) is 0 Å². The van der Waals surface area contributed by atoms with Gasteiger partial charge in [-0.1, -0.05) is 35.9 Å². The van der Waals surface area contributed by atoms with Crippen LogP contribution in [0.15, 0.2) is 76.2 Å². The second-order valence-electron chi connectivity index (χ2n) is 6.29. The standard InChI is InChI=1S/C21H16ClN3O3S/c22-17-6-2-1-5-14(17)11-16-12-23-21(29-16)24-20(27)18-9-8-15(28-18)13-25-10-4-3-7-19(25)26/h1-10,12H,11,13H2,(H,23,24,27). The number of rotatable bonds is 6. The molecule has 1 amide bonds. The molecule has 3 heterocycles. The van der Waals surface area contributed by atoms with Crippen molar-refractivity contribution in [2.45, 2.75) is 13.0 Å². The normalized spacial score (nSPS) is 10.8. The van der Waals surface area contributed by atoms with Crippen molar-refractivity contribution in [3.8, 4) is 0 Å². The number of nitrogens with zero attached hydrogens (tertiary/aromatic N) is 2. The van der Waals surface area contributed by atoms with Gasteiger partial charge in [0.1, 0.15) is 5.76 Å². The summed E-state index contributed by atoms with van der Waals surface area (Å²) < 4.78 is 7.08. The molecule has 0 bridgehead atoms. The number of furan rings is 1. The molecule has 0 radical (unpaired) electrons. The number of carbonyl (C=O) groups excluding carboxylic acids is 1. The molecule has 4 aromatic rings. The van der Waals surface area contributed by atoms with Crippen LogP contribution < -0.4 is 10.9 Å². The zero-order valence-electron chi connectivity index (χ0n) is 15.2. The van der Waals surface area contributed by atoms with E-state index in [1.807, 2.05) is 24.3 Å². The Bertz CT molecular complexity index is 1210. The lowest BCUT2D eigenvalue weighted by Gasteiger charge is -2.02. The highest BCUT2D eigenvalue weighted by molar-refractivity contribution is 7.15. The molecule has 1 N–H and O–H groups in total. The van der Waals surface area contributed by atoms with E-state index in [0.29, 0.717) is 22.3 Å². The lowest BCUT2D eigenvalue weighted by molar-refractivity contribution is 0.0994. The maximum absolute atomic E-state index is 12.4. The van der Waals surface area contributed by atoms with Gasteiger partial charge in [-0.05, 0) is 29.8 Å². The summed E-state index contributed by atoms with van der Waals surface area (Å²) in [6.45, 7) is 0.256. The zero-order valence-corrected chi connectivity index (χ0v) is 16.7. The van der Waals surface area contributed by atoms with E-state index >= 15 is 0 Å². The topological polar surface area (TPSA) is 77.1 Å². The van der Waals surface area contributed by atoms with Gasteiger partial charge in [-0.15, -0.1) is 11.3 Å².